The molecule has 0 atom stereocenters. The minimum atomic E-state index is 0.130. The van der Waals surface area contributed by atoms with Crippen LogP contribution in [0.4, 0.5) is 17.1 Å². The maximum absolute atomic E-state index is 2.71. The molecule has 2 heteroatoms. The molecule has 1 nitrogen and oxygen atoms in total. The molecule has 0 saturated heterocycles. The van der Waals surface area contributed by atoms with Gasteiger partial charge in [0.25, 0.3) is 0 Å². The number of benzene rings is 6. The summed E-state index contributed by atoms with van der Waals surface area (Å²) in [5.74, 6) is 6.79. The Morgan fingerprint density at radius 2 is 0.897 bits per heavy atom. The highest BCUT2D eigenvalue weighted by Crippen LogP contribution is 2.71. The van der Waals surface area contributed by atoms with E-state index in [4.69, 9.17) is 0 Å². The van der Waals surface area contributed by atoms with Crippen LogP contribution in [-0.2, 0) is 10.8 Å². The van der Waals surface area contributed by atoms with Crippen molar-refractivity contribution >= 4 is 48.6 Å². The van der Waals surface area contributed by atoms with Crippen LogP contribution in [0.5, 0.6) is 0 Å². The molecule has 0 aliphatic heterocycles. The number of fused-ring (bicyclic) bond motifs is 9. The van der Waals surface area contributed by atoms with Crippen LogP contribution in [0.3, 0.4) is 0 Å². The van der Waals surface area contributed by atoms with E-state index in [0.717, 1.165) is 47.3 Å². The molecule has 1 heterocycles. The van der Waals surface area contributed by atoms with Crippen molar-refractivity contribution in [3.05, 3.63) is 150 Å². The van der Waals surface area contributed by atoms with Crippen molar-refractivity contribution in [2.45, 2.75) is 75.0 Å². The Morgan fingerprint density at radius 3 is 1.57 bits per heavy atom. The van der Waals surface area contributed by atoms with Gasteiger partial charge in [-0.15, -0.1) is 11.3 Å². The molecule has 58 heavy (non-hydrogen) atoms. The van der Waals surface area contributed by atoms with Gasteiger partial charge in [0.2, 0.25) is 0 Å². The van der Waals surface area contributed by atoms with Crippen LogP contribution in [0.2, 0.25) is 0 Å². The molecule has 2 spiro atoms. The lowest BCUT2D eigenvalue weighted by Gasteiger charge is -2.61. The summed E-state index contributed by atoms with van der Waals surface area (Å²) in [4.78, 5) is 2.69. The van der Waals surface area contributed by atoms with E-state index in [0.29, 0.717) is 0 Å². The fourth-order valence-electron chi connectivity index (χ4n) is 16.9. The summed E-state index contributed by atoms with van der Waals surface area (Å²) in [6.45, 7) is 0. The van der Waals surface area contributed by atoms with Gasteiger partial charge < -0.3 is 4.90 Å². The van der Waals surface area contributed by atoms with E-state index in [1.807, 2.05) is 11.3 Å². The SMILES string of the molecule is c1ccc2c(c1)-c1cc(N(c3ccc4c(c3)C3(c5ccccc5-4)C4CC5CC(C4)CC3C5)c3cccc4sc5ccccc5c34)ccc1C21C2CC3CC(C2)CC1C3. The van der Waals surface area contributed by atoms with E-state index >= 15 is 0 Å². The van der Waals surface area contributed by atoms with Crippen molar-refractivity contribution in [2.24, 2.45) is 47.3 Å². The molecular weight excluding hydrogens is 719 g/mol. The van der Waals surface area contributed by atoms with E-state index < -0.39 is 0 Å². The van der Waals surface area contributed by atoms with E-state index in [1.165, 1.54) is 124 Å². The van der Waals surface area contributed by atoms with Gasteiger partial charge >= 0.3 is 0 Å². The summed E-state index contributed by atoms with van der Waals surface area (Å²) < 4.78 is 2.74. The number of thiophene rings is 1. The standard InChI is InChI=1S/C56H49NS/c1-4-11-47-42(8-1)44-18-16-41(31-50(44)56(47)38-26-34-21-35(28-38)29-39(56)27-34)57(51-13-7-15-53-54(51)45-10-3-6-14-52(45)58-53)40-17-19-49-46(30-40)43-9-2-5-12-48(43)55(49)36-22-32-20-33(24-36)25-37(55)23-32/h1-19,30-39H,20-29H2. The molecule has 17 rings (SSSR count). The molecule has 10 aliphatic carbocycles. The summed E-state index contributed by atoms with van der Waals surface area (Å²) in [6.07, 6.45) is 14.3. The first kappa shape index (κ1) is 32.2. The van der Waals surface area contributed by atoms with Gasteiger partial charge in [0.15, 0.2) is 0 Å². The Morgan fingerprint density at radius 1 is 0.397 bits per heavy atom. The molecule has 6 aromatic carbocycles. The Bertz CT molecular complexity index is 2850. The van der Waals surface area contributed by atoms with Gasteiger partial charge in [0.05, 0.1) is 5.69 Å². The highest BCUT2D eigenvalue weighted by Gasteiger charge is 2.63. The van der Waals surface area contributed by atoms with Crippen LogP contribution in [0, 0.1) is 47.3 Å². The van der Waals surface area contributed by atoms with Gasteiger partial charge in [-0.2, -0.15) is 0 Å². The van der Waals surface area contributed by atoms with Crippen molar-refractivity contribution in [1.29, 1.82) is 0 Å². The second-order valence-corrected chi connectivity index (χ2v) is 21.6. The van der Waals surface area contributed by atoms with Crippen LogP contribution < -0.4 is 4.90 Å². The first-order valence-corrected chi connectivity index (χ1v) is 23.7. The smallest absolute Gasteiger partial charge is 0.0554 e. The summed E-state index contributed by atoms with van der Waals surface area (Å²) in [5, 5.41) is 2.75. The third-order valence-corrected chi connectivity index (χ3v) is 19.3. The molecule has 8 fully saturated rings. The van der Waals surface area contributed by atoms with Gasteiger partial charge in [-0.3, -0.25) is 0 Å². The zero-order valence-corrected chi connectivity index (χ0v) is 34.0. The Balaban J connectivity index is 0.979. The first-order valence-electron chi connectivity index (χ1n) is 22.9. The second-order valence-electron chi connectivity index (χ2n) is 20.5. The molecule has 0 radical (unpaired) electrons. The van der Waals surface area contributed by atoms with Gasteiger partial charge in [-0.25, -0.2) is 0 Å². The number of hydrogen-bond donors (Lipinski definition) is 0. The minimum Gasteiger partial charge on any atom is -0.310 e. The van der Waals surface area contributed by atoms with Crippen molar-refractivity contribution in [1.82, 2.24) is 0 Å². The van der Waals surface area contributed by atoms with E-state index in [1.54, 1.807) is 22.3 Å². The Kier molecular flexibility index (Phi) is 6.18. The van der Waals surface area contributed by atoms with Crippen molar-refractivity contribution in [3.8, 4) is 22.3 Å². The largest absolute Gasteiger partial charge is 0.310 e. The molecule has 0 amide bonds. The number of hydrogen-bond acceptors (Lipinski definition) is 2. The molecule has 10 aliphatic rings. The summed E-state index contributed by atoms with van der Waals surface area (Å²) in [7, 11) is 0. The maximum atomic E-state index is 2.71. The maximum Gasteiger partial charge on any atom is 0.0554 e. The monoisotopic (exact) mass is 767 g/mol. The third-order valence-electron chi connectivity index (χ3n) is 18.2. The molecule has 8 bridgehead atoms. The molecular formula is C56H49NS. The fraction of sp³-hybridized carbons (Fsp3) is 0.357. The highest BCUT2D eigenvalue weighted by molar-refractivity contribution is 7.26. The fourth-order valence-corrected chi connectivity index (χ4v) is 18.1. The lowest BCUT2D eigenvalue weighted by molar-refractivity contribution is -0.0399. The molecule has 8 saturated carbocycles. The van der Waals surface area contributed by atoms with Crippen molar-refractivity contribution < 1.29 is 0 Å². The number of anilines is 3. The first-order chi connectivity index (χ1) is 28.7. The Labute approximate surface area is 346 Å². The van der Waals surface area contributed by atoms with Crippen LogP contribution in [-0.4, -0.2) is 0 Å². The predicted octanol–water partition coefficient (Wildman–Crippen LogP) is 15.0. The van der Waals surface area contributed by atoms with Gasteiger partial charge in [-0.1, -0.05) is 84.9 Å². The Hall–Kier alpha value is -4.66. The molecule has 0 N–H and O–H groups in total. The van der Waals surface area contributed by atoms with Crippen LogP contribution in [0.15, 0.2) is 127 Å². The number of nitrogens with zero attached hydrogens (tertiary/aromatic N) is 1. The van der Waals surface area contributed by atoms with Crippen LogP contribution in [0.25, 0.3) is 42.4 Å². The zero-order chi connectivity index (χ0) is 37.5. The average molecular weight is 768 g/mol. The summed E-state index contributed by atoms with van der Waals surface area (Å²) >= 11 is 1.94. The van der Waals surface area contributed by atoms with Crippen LogP contribution in [0.1, 0.15) is 86.5 Å². The van der Waals surface area contributed by atoms with Crippen molar-refractivity contribution in [3.63, 3.8) is 0 Å². The zero-order valence-electron chi connectivity index (χ0n) is 33.2. The quantitative estimate of drug-likeness (QED) is 0.173. The van der Waals surface area contributed by atoms with Gasteiger partial charge in [0.1, 0.15) is 0 Å². The normalized spacial score (nSPS) is 33.7. The highest BCUT2D eigenvalue weighted by atomic mass is 32.1. The predicted molar refractivity (Wildman–Crippen MR) is 241 cm³/mol. The van der Waals surface area contributed by atoms with Gasteiger partial charge in [0, 0.05) is 42.4 Å². The number of rotatable bonds is 3. The minimum absolute atomic E-state index is 0.130. The molecule has 7 aromatic rings. The van der Waals surface area contributed by atoms with Gasteiger partial charge in [-0.05, 0) is 199 Å². The summed E-state index contributed by atoms with van der Waals surface area (Å²) in [6, 6.07) is 51.0. The summed E-state index contributed by atoms with van der Waals surface area (Å²) in [5.41, 5.74) is 16.8. The van der Waals surface area contributed by atoms with E-state index in [-0.39, 0.29) is 10.8 Å². The molecule has 1 aromatic heterocycles. The van der Waals surface area contributed by atoms with E-state index in [2.05, 4.69) is 132 Å². The van der Waals surface area contributed by atoms with Crippen LogP contribution >= 0.6 is 11.3 Å². The topological polar surface area (TPSA) is 3.24 Å². The average Bonchev–Trinajstić information content (AvgIpc) is 3.87. The lowest BCUT2D eigenvalue weighted by atomic mass is 9.43. The molecule has 0 unspecified atom stereocenters. The molecule has 284 valence electrons. The van der Waals surface area contributed by atoms with Crippen molar-refractivity contribution in [2.75, 3.05) is 4.90 Å². The third kappa shape index (κ3) is 3.83. The lowest BCUT2D eigenvalue weighted by Crippen LogP contribution is -2.55. The van der Waals surface area contributed by atoms with E-state index in [9.17, 15) is 0 Å². The second kappa shape index (κ2) is 11.1.